The number of nitrogens with one attached hydrogen (secondary N) is 1. The molecule has 0 saturated carbocycles. The first kappa shape index (κ1) is 11.6. The fourth-order valence-electron chi connectivity index (χ4n) is 2.60. The quantitative estimate of drug-likeness (QED) is 0.728. The number of hydrogen-bond acceptors (Lipinski definition) is 5. The highest BCUT2D eigenvalue weighted by molar-refractivity contribution is 6.21. The van der Waals surface area contributed by atoms with Gasteiger partial charge in [0.15, 0.2) is 5.65 Å². The van der Waals surface area contributed by atoms with Gasteiger partial charge in [0.2, 0.25) is 0 Å². The van der Waals surface area contributed by atoms with Crippen molar-refractivity contribution in [2.75, 3.05) is 5.32 Å². The lowest BCUT2D eigenvalue weighted by atomic mass is 10.1. The van der Waals surface area contributed by atoms with Gasteiger partial charge in [-0.25, -0.2) is 0 Å². The van der Waals surface area contributed by atoms with Crippen LogP contribution in [-0.2, 0) is 6.42 Å². The summed E-state index contributed by atoms with van der Waals surface area (Å²) < 4.78 is 1.40. The van der Waals surface area contributed by atoms with Gasteiger partial charge in [0.05, 0.1) is 11.4 Å². The summed E-state index contributed by atoms with van der Waals surface area (Å²) in [7, 11) is 0. The van der Waals surface area contributed by atoms with E-state index in [1.165, 1.54) is 15.8 Å². The predicted molar refractivity (Wildman–Crippen MR) is 74.7 cm³/mol. The highest BCUT2D eigenvalue weighted by atomic mass is 35.5. The van der Waals surface area contributed by atoms with Crippen LogP contribution in [0.4, 0.5) is 5.82 Å². The van der Waals surface area contributed by atoms with E-state index in [1.54, 1.807) is 0 Å². The molecule has 1 aromatic carbocycles. The van der Waals surface area contributed by atoms with Crippen molar-refractivity contribution in [3.63, 3.8) is 0 Å². The zero-order valence-electron chi connectivity index (χ0n) is 10.4. The molecule has 0 spiro atoms. The van der Waals surface area contributed by atoms with Gasteiger partial charge in [0, 0.05) is 0 Å². The van der Waals surface area contributed by atoms with Crippen LogP contribution in [0.3, 0.4) is 0 Å². The number of tetrazole rings is 1. The molecule has 1 aliphatic rings. The van der Waals surface area contributed by atoms with Crippen LogP contribution >= 0.6 is 11.6 Å². The largest absolute Gasteiger partial charge is 0.360 e. The molecule has 0 aliphatic heterocycles. The zero-order chi connectivity index (χ0) is 13.5. The molecule has 0 fully saturated rings. The number of alkyl halides is 1. The smallest absolute Gasteiger partial charge is 0.200 e. The number of rotatable bonds is 2. The Balaban J connectivity index is 1.68. The van der Waals surface area contributed by atoms with Crippen molar-refractivity contribution in [2.45, 2.75) is 17.8 Å². The third kappa shape index (κ3) is 1.80. The molecule has 4 rings (SSSR count). The maximum Gasteiger partial charge on any atom is 0.200 e. The molecule has 0 saturated heterocycles. The highest BCUT2D eigenvalue weighted by Gasteiger charge is 2.30. The Morgan fingerprint density at radius 1 is 1.20 bits per heavy atom. The summed E-state index contributed by atoms with van der Waals surface area (Å²) in [6, 6.07) is 12.0. The molecule has 6 nitrogen and oxygen atoms in total. The summed E-state index contributed by atoms with van der Waals surface area (Å²) in [6.45, 7) is 0. The maximum absolute atomic E-state index is 6.45. The van der Waals surface area contributed by atoms with Crippen molar-refractivity contribution in [1.82, 2.24) is 25.3 Å². The van der Waals surface area contributed by atoms with E-state index in [0.29, 0.717) is 11.5 Å². The van der Waals surface area contributed by atoms with Crippen molar-refractivity contribution >= 4 is 23.1 Å². The molecule has 2 unspecified atom stereocenters. The molecule has 0 radical (unpaired) electrons. The van der Waals surface area contributed by atoms with Gasteiger partial charge in [-0.3, -0.25) is 0 Å². The van der Waals surface area contributed by atoms with Gasteiger partial charge in [-0.15, -0.1) is 26.4 Å². The number of fused-ring (bicyclic) bond motifs is 2. The van der Waals surface area contributed by atoms with E-state index in [9.17, 15) is 0 Å². The first-order valence-corrected chi connectivity index (χ1v) is 6.79. The van der Waals surface area contributed by atoms with Crippen LogP contribution in [0.15, 0.2) is 36.4 Å². The monoisotopic (exact) mass is 286 g/mol. The molecule has 2 aromatic heterocycles. The van der Waals surface area contributed by atoms with Crippen LogP contribution in [0.2, 0.25) is 0 Å². The molecule has 7 heteroatoms. The van der Waals surface area contributed by atoms with Crippen molar-refractivity contribution in [2.24, 2.45) is 0 Å². The van der Waals surface area contributed by atoms with E-state index in [0.717, 1.165) is 6.42 Å². The average Bonchev–Trinajstić information content (AvgIpc) is 3.04. The van der Waals surface area contributed by atoms with Crippen molar-refractivity contribution in [1.29, 1.82) is 0 Å². The third-order valence-electron chi connectivity index (χ3n) is 3.54. The number of halogens is 1. The maximum atomic E-state index is 6.45. The van der Waals surface area contributed by atoms with Crippen molar-refractivity contribution in [3.05, 3.63) is 47.5 Å². The zero-order valence-corrected chi connectivity index (χ0v) is 11.2. The van der Waals surface area contributed by atoms with Gasteiger partial charge in [0.1, 0.15) is 5.82 Å². The Morgan fingerprint density at radius 3 is 3.05 bits per heavy atom. The predicted octanol–water partition coefficient (Wildman–Crippen LogP) is 1.84. The molecule has 3 aromatic rings. The second-order valence-electron chi connectivity index (χ2n) is 4.79. The van der Waals surface area contributed by atoms with Crippen LogP contribution < -0.4 is 5.32 Å². The number of aromatic nitrogens is 5. The summed E-state index contributed by atoms with van der Waals surface area (Å²) in [5, 5.41) is 18.9. The molecule has 1 N–H and O–H groups in total. The molecule has 100 valence electrons. The van der Waals surface area contributed by atoms with Crippen LogP contribution in [0.25, 0.3) is 5.65 Å². The number of anilines is 1. The van der Waals surface area contributed by atoms with E-state index < -0.39 is 0 Å². The van der Waals surface area contributed by atoms with E-state index in [1.807, 2.05) is 24.3 Å². The average molecular weight is 287 g/mol. The number of benzene rings is 1. The molecule has 2 heterocycles. The normalized spacial score (nSPS) is 21.1. The minimum Gasteiger partial charge on any atom is -0.360 e. The van der Waals surface area contributed by atoms with Crippen molar-refractivity contribution in [3.8, 4) is 0 Å². The standard InChI is InChI=1S/C13H11ClN6/c14-10-7-8-3-1-2-4-9(8)13(10)15-11-5-6-12-16-18-19-20(12)17-11/h1-6,10,13H,7H2,(H,15,17). The topological polar surface area (TPSA) is 68.0 Å². The van der Waals surface area contributed by atoms with Crippen LogP contribution in [-0.4, -0.2) is 30.6 Å². The second-order valence-corrected chi connectivity index (χ2v) is 5.35. The van der Waals surface area contributed by atoms with Crippen LogP contribution in [0.5, 0.6) is 0 Å². The van der Waals surface area contributed by atoms with E-state index in [-0.39, 0.29) is 11.4 Å². The Labute approximate surface area is 119 Å². The van der Waals surface area contributed by atoms with Crippen LogP contribution in [0.1, 0.15) is 17.2 Å². The van der Waals surface area contributed by atoms with Gasteiger partial charge in [-0.1, -0.05) is 24.3 Å². The van der Waals surface area contributed by atoms with Gasteiger partial charge in [-0.2, -0.15) is 0 Å². The molecular weight excluding hydrogens is 276 g/mol. The second kappa shape index (κ2) is 4.42. The van der Waals surface area contributed by atoms with Gasteiger partial charge < -0.3 is 5.32 Å². The third-order valence-corrected chi connectivity index (χ3v) is 3.95. The first-order chi connectivity index (χ1) is 9.81. The summed E-state index contributed by atoms with van der Waals surface area (Å²) in [6.07, 6.45) is 0.864. The fourth-order valence-corrected chi connectivity index (χ4v) is 2.97. The number of hydrogen-bond donors (Lipinski definition) is 1. The summed E-state index contributed by atoms with van der Waals surface area (Å²) in [5.74, 6) is 0.706. The molecular formula is C13H11ClN6. The van der Waals surface area contributed by atoms with Crippen molar-refractivity contribution < 1.29 is 0 Å². The minimum absolute atomic E-state index is 0.0127. The fraction of sp³-hybridized carbons (Fsp3) is 0.231. The Morgan fingerprint density at radius 2 is 2.10 bits per heavy atom. The molecule has 0 bridgehead atoms. The lowest BCUT2D eigenvalue weighted by Gasteiger charge is -2.17. The highest BCUT2D eigenvalue weighted by Crippen LogP contribution is 2.36. The molecule has 20 heavy (non-hydrogen) atoms. The minimum atomic E-state index is 0.0127. The number of nitrogens with zero attached hydrogens (tertiary/aromatic N) is 5. The van der Waals surface area contributed by atoms with Gasteiger partial charge in [0.25, 0.3) is 0 Å². The van der Waals surface area contributed by atoms with E-state index in [2.05, 4.69) is 38.1 Å². The molecule has 2 atom stereocenters. The lowest BCUT2D eigenvalue weighted by molar-refractivity contribution is 0.716. The Bertz CT molecular complexity index is 770. The first-order valence-electron chi connectivity index (χ1n) is 6.35. The molecule has 1 aliphatic carbocycles. The lowest BCUT2D eigenvalue weighted by Crippen LogP contribution is -2.18. The van der Waals surface area contributed by atoms with Gasteiger partial charge in [-0.05, 0) is 40.1 Å². The SMILES string of the molecule is ClC1Cc2ccccc2C1Nc1ccc2nnnn2n1. The molecule has 0 amide bonds. The summed E-state index contributed by atoms with van der Waals surface area (Å²) >= 11 is 6.45. The van der Waals surface area contributed by atoms with Gasteiger partial charge >= 0.3 is 0 Å². The summed E-state index contributed by atoms with van der Waals surface area (Å²) in [4.78, 5) is 0. The van der Waals surface area contributed by atoms with Crippen LogP contribution in [0, 0.1) is 0 Å². The Hall–Kier alpha value is -2.21. The Kier molecular flexibility index (Phi) is 2.56. The van der Waals surface area contributed by atoms with E-state index in [4.69, 9.17) is 11.6 Å². The summed E-state index contributed by atoms with van der Waals surface area (Å²) in [5.41, 5.74) is 3.13. The van der Waals surface area contributed by atoms with E-state index >= 15 is 0 Å².